The molecule has 0 spiro atoms. The highest BCUT2D eigenvalue weighted by molar-refractivity contribution is 6.05. The number of hydrogen-bond acceptors (Lipinski definition) is 13. The average molecular weight is 867 g/mol. The number of anilines is 3. The molecule has 9 rings (SSSR count). The van der Waals surface area contributed by atoms with Gasteiger partial charge in [0.2, 0.25) is 11.8 Å². The summed E-state index contributed by atoms with van der Waals surface area (Å²) in [5.74, 6) is 1.27. The molecule has 4 N–H and O–H groups in total. The lowest BCUT2D eigenvalue weighted by Crippen LogP contribution is -2.49. The van der Waals surface area contributed by atoms with E-state index in [0.717, 1.165) is 103 Å². The molecular weight excluding hydrogens is 813 g/mol. The fourth-order valence-electron chi connectivity index (χ4n) is 8.85. The molecule has 0 unspecified atom stereocenters. The molecule has 0 aliphatic carbocycles. The first kappa shape index (κ1) is 42.6. The third kappa shape index (κ3) is 9.03. The summed E-state index contributed by atoms with van der Waals surface area (Å²) in [7, 11) is 0. The number of pyridine rings is 2. The molecule has 4 aromatic heterocycles. The van der Waals surface area contributed by atoms with Gasteiger partial charge in [0.15, 0.2) is 5.65 Å². The first-order valence-corrected chi connectivity index (χ1v) is 22.0. The number of carbonyl (C=O) groups excluding carboxylic acids is 3. The van der Waals surface area contributed by atoms with Crippen LogP contribution >= 0.6 is 0 Å². The van der Waals surface area contributed by atoms with Crippen molar-refractivity contribution in [2.24, 2.45) is 5.92 Å². The van der Waals surface area contributed by atoms with E-state index in [-0.39, 0.29) is 29.8 Å². The van der Waals surface area contributed by atoms with Gasteiger partial charge >= 0.3 is 6.03 Å². The van der Waals surface area contributed by atoms with Crippen LogP contribution < -0.4 is 25.3 Å². The summed E-state index contributed by atoms with van der Waals surface area (Å²) in [6, 6.07) is 19.3. The molecule has 3 fully saturated rings. The number of fused-ring (bicyclic) bond motifs is 1. The third-order valence-electron chi connectivity index (χ3n) is 12.6. The lowest BCUT2D eigenvalue weighted by Gasteiger charge is -2.39. The number of nitrogens with one attached hydrogen (secondary N) is 3. The maximum Gasteiger partial charge on any atom is 0.328 e. The van der Waals surface area contributed by atoms with Gasteiger partial charge in [0.05, 0.1) is 18.3 Å². The quantitative estimate of drug-likeness (QED) is 0.121. The lowest BCUT2D eigenvalue weighted by molar-refractivity contribution is -0.120. The number of urea groups is 1. The number of H-pyrrole nitrogens is 1. The summed E-state index contributed by atoms with van der Waals surface area (Å²) in [6.07, 6.45) is 6.32. The second kappa shape index (κ2) is 17.8. The Balaban J connectivity index is 0.777. The van der Waals surface area contributed by atoms with Crippen LogP contribution in [0.4, 0.5) is 22.0 Å². The van der Waals surface area contributed by atoms with Crippen molar-refractivity contribution in [2.75, 3.05) is 67.1 Å². The molecule has 2 aromatic carbocycles. The Morgan fingerprint density at radius 3 is 2.30 bits per heavy atom. The van der Waals surface area contributed by atoms with Crippen LogP contribution in [0.3, 0.4) is 0 Å². The molecule has 3 aliphatic rings. The molecule has 0 radical (unpaired) electrons. The highest BCUT2D eigenvalue weighted by atomic mass is 16.5. The van der Waals surface area contributed by atoms with E-state index < -0.39 is 11.9 Å². The van der Waals surface area contributed by atoms with Gasteiger partial charge in [-0.05, 0) is 85.3 Å². The van der Waals surface area contributed by atoms with Crippen LogP contribution in [0.25, 0.3) is 33.4 Å². The van der Waals surface area contributed by atoms with E-state index in [1.807, 2.05) is 70.4 Å². The molecule has 0 saturated carbocycles. The van der Waals surface area contributed by atoms with Gasteiger partial charge in [0.25, 0.3) is 11.7 Å². The number of amides is 4. The Bertz CT molecular complexity index is 2640. The highest BCUT2D eigenvalue weighted by Crippen LogP contribution is 2.33. The molecule has 3 saturated heterocycles. The van der Waals surface area contributed by atoms with Gasteiger partial charge in [-0.15, -0.1) is 0 Å². The van der Waals surface area contributed by atoms with E-state index in [2.05, 4.69) is 81.0 Å². The van der Waals surface area contributed by atoms with E-state index in [9.17, 15) is 19.5 Å². The van der Waals surface area contributed by atoms with Crippen molar-refractivity contribution in [1.29, 1.82) is 0 Å². The predicted octanol–water partition coefficient (Wildman–Crippen LogP) is 5.84. The molecule has 4 amide bonds. The van der Waals surface area contributed by atoms with E-state index in [4.69, 9.17) is 9.51 Å². The second-order valence-corrected chi connectivity index (χ2v) is 18.0. The molecule has 0 bridgehead atoms. The second-order valence-electron chi connectivity index (χ2n) is 18.0. The standard InChI is InChI=1S/C47H54N12O5/c1-29(50-44(62)43-52-45(64-55-43)47(2,3)4)37-11-5-31(23-34(37)28-60)41-38-24-33(26-49-42(38)54-53-41)32-6-12-39(48-25-32)58-21-19-56(20-22-58)27-30-13-16-57(17-14-30)35-7-9-36(10-8-35)59-18-15-40(61)51-46(59)63/h5-12,23-26,29-30,60H,13-22,27-28H2,1-4H3,(H,50,62)(H,49,53,54)(H,51,61,63)/t29-/m1/s1. The van der Waals surface area contributed by atoms with Crippen LogP contribution in [-0.2, 0) is 16.8 Å². The number of benzene rings is 2. The van der Waals surface area contributed by atoms with Crippen LogP contribution in [0.15, 0.2) is 77.6 Å². The van der Waals surface area contributed by atoms with Crippen molar-refractivity contribution in [1.82, 2.24) is 45.8 Å². The topological polar surface area (TPSA) is 202 Å². The van der Waals surface area contributed by atoms with Crippen molar-refractivity contribution in [3.05, 3.63) is 95.9 Å². The van der Waals surface area contributed by atoms with Crippen molar-refractivity contribution < 1.29 is 24.0 Å². The zero-order valence-electron chi connectivity index (χ0n) is 36.7. The summed E-state index contributed by atoms with van der Waals surface area (Å²) in [5, 5.41) is 28.0. The number of aromatic amines is 1. The van der Waals surface area contributed by atoms with Gasteiger partial charge in [0.1, 0.15) is 5.82 Å². The van der Waals surface area contributed by atoms with Gasteiger partial charge in [-0.3, -0.25) is 29.8 Å². The Labute approximate surface area is 371 Å². The molecule has 1 atom stereocenters. The van der Waals surface area contributed by atoms with E-state index in [1.165, 1.54) is 5.69 Å². The first-order chi connectivity index (χ1) is 30.9. The number of piperazine rings is 1. The number of rotatable bonds is 11. The van der Waals surface area contributed by atoms with Crippen molar-refractivity contribution in [3.8, 4) is 22.4 Å². The number of aliphatic hydroxyl groups excluding tert-OH is 1. The maximum atomic E-state index is 13.0. The first-order valence-electron chi connectivity index (χ1n) is 22.0. The minimum absolute atomic E-state index is 0.0374. The largest absolute Gasteiger partial charge is 0.392 e. The monoisotopic (exact) mass is 866 g/mol. The normalized spacial score (nSPS) is 17.2. The Kier molecular flexibility index (Phi) is 11.8. The summed E-state index contributed by atoms with van der Waals surface area (Å²) < 4.78 is 5.30. The Morgan fingerprint density at radius 2 is 1.61 bits per heavy atom. The van der Waals surface area contributed by atoms with E-state index in [1.54, 1.807) is 4.90 Å². The summed E-state index contributed by atoms with van der Waals surface area (Å²) in [5.41, 5.74) is 7.06. The fourth-order valence-corrected chi connectivity index (χ4v) is 8.85. The minimum atomic E-state index is -0.461. The van der Waals surface area contributed by atoms with Gasteiger partial charge in [0, 0.05) is 110 Å². The molecule has 332 valence electrons. The van der Waals surface area contributed by atoms with Gasteiger partial charge in [-0.2, -0.15) is 10.1 Å². The maximum absolute atomic E-state index is 13.0. The summed E-state index contributed by atoms with van der Waals surface area (Å²) in [6.45, 7) is 14.8. The minimum Gasteiger partial charge on any atom is -0.392 e. The zero-order chi connectivity index (χ0) is 44.5. The molecule has 64 heavy (non-hydrogen) atoms. The van der Waals surface area contributed by atoms with Crippen molar-refractivity contribution >= 4 is 46.1 Å². The molecular formula is C47H54N12O5. The Hall–Kier alpha value is -6.72. The average Bonchev–Trinajstić information content (AvgIpc) is 3.99. The number of carbonyl (C=O) groups is 3. The number of aromatic nitrogens is 6. The van der Waals surface area contributed by atoms with Crippen molar-refractivity contribution in [3.63, 3.8) is 0 Å². The Morgan fingerprint density at radius 1 is 0.875 bits per heavy atom. The molecule has 17 heteroatoms. The number of hydrogen-bond donors (Lipinski definition) is 4. The molecule has 7 heterocycles. The van der Waals surface area contributed by atoms with Crippen LogP contribution in [0, 0.1) is 5.92 Å². The SMILES string of the molecule is C[C@@H](NC(=O)c1noc(C(C)(C)C)n1)c1ccc(-c2[nH]nc3ncc(-c4ccc(N5CCN(CC6CCN(c7ccc(N8CCC(=O)NC8=O)cc7)CC6)CC5)nc4)cc23)cc1CO. The van der Waals surface area contributed by atoms with Crippen molar-refractivity contribution in [2.45, 2.75) is 65.0 Å². The van der Waals surface area contributed by atoms with Crippen LogP contribution in [0.2, 0.25) is 0 Å². The van der Waals surface area contributed by atoms with E-state index >= 15 is 0 Å². The van der Waals surface area contributed by atoms with Crippen LogP contribution in [0.1, 0.15) is 80.6 Å². The number of nitrogens with zero attached hydrogens (tertiary/aromatic N) is 9. The molecule has 6 aromatic rings. The number of piperidine rings is 1. The summed E-state index contributed by atoms with van der Waals surface area (Å²) in [4.78, 5) is 59.6. The van der Waals surface area contributed by atoms with Crippen LogP contribution in [0.5, 0.6) is 0 Å². The number of imide groups is 1. The summed E-state index contributed by atoms with van der Waals surface area (Å²) >= 11 is 0. The third-order valence-corrected chi connectivity index (χ3v) is 12.6. The molecule has 17 nitrogen and oxygen atoms in total. The fraction of sp³-hybridized carbons (Fsp3) is 0.404. The zero-order valence-corrected chi connectivity index (χ0v) is 36.7. The van der Waals surface area contributed by atoms with Crippen LogP contribution in [-0.4, -0.2) is 111 Å². The highest BCUT2D eigenvalue weighted by Gasteiger charge is 2.28. The lowest BCUT2D eigenvalue weighted by atomic mass is 9.95. The van der Waals surface area contributed by atoms with E-state index in [0.29, 0.717) is 36.0 Å². The number of aliphatic hydroxyl groups is 1. The smallest absolute Gasteiger partial charge is 0.328 e. The van der Waals surface area contributed by atoms with Gasteiger partial charge < -0.3 is 24.7 Å². The van der Waals surface area contributed by atoms with Gasteiger partial charge in [-0.25, -0.2) is 14.8 Å². The van der Waals surface area contributed by atoms with Gasteiger partial charge in [-0.1, -0.05) is 38.1 Å². The predicted molar refractivity (Wildman–Crippen MR) is 243 cm³/mol. The molecule has 3 aliphatic heterocycles.